The lowest BCUT2D eigenvalue weighted by molar-refractivity contribution is -0.134. The Kier molecular flexibility index (Phi) is 7.64. The SMILES string of the molecule is CN1CCC(c2ccc3sccc3c2)c2ccc(-c3cnccn3)cc2C1.O=C(O)C=CC(=O)O. The van der Waals surface area contributed by atoms with Gasteiger partial charge in [-0.1, -0.05) is 18.2 Å². The van der Waals surface area contributed by atoms with E-state index in [0.717, 1.165) is 30.8 Å². The highest BCUT2D eigenvalue weighted by molar-refractivity contribution is 7.17. The molecule has 3 heterocycles. The third kappa shape index (κ3) is 6.17. The van der Waals surface area contributed by atoms with Gasteiger partial charge in [-0.25, -0.2) is 9.59 Å². The summed E-state index contributed by atoms with van der Waals surface area (Å²) >= 11 is 1.81. The van der Waals surface area contributed by atoms with Crippen LogP contribution in [0, 0.1) is 0 Å². The summed E-state index contributed by atoms with van der Waals surface area (Å²) in [5, 5.41) is 19.2. The molecule has 2 aromatic carbocycles. The van der Waals surface area contributed by atoms with Crippen LogP contribution in [0.4, 0.5) is 0 Å². The molecule has 0 saturated heterocycles. The first-order valence-corrected chi connectivity index (χ1v) is 12.0. The van der Waals surface area contributed by atoms with E-state index in [9.17, 15) is 9.59 Å². The molecule has 2 N–H and O–H groups in total. The molecule has 1 atom stereocenters. The average molecular weight is 488 g/mol. The fourth-order valence-corrected chi connectivity index (χ4v) is 5.03. The maximum Gasteiger partial charge on any atom is 0.328 e. The van der Waals surface area contributed by atoms with Gasteiger partial charge in [0.1, 0.15) is 0 Å². The van der Waals surface area contributed by atoms with Crippen molar-refractivity contribution in [1.29, 1.82) is 0 Å². The topological polar surface area (TPSA) is 104 Å². The lowest BCUT2D eigenvalue weighted by Gasteiger charge is -2.19. The van der Waals surface area contributed by atoms with Crippen LogP contribution in [0.2, 0.25) is 0 Å². The summed E-state index contributed by atoms with van der Waals surface area (Å²) < 4.78 is 1.36. The van der Waals surface area contributed by atoms with Gasteiger partial charge >= 0.3 is 11.9 Å². The van der Waals surface area contributed by atoms with Gasteiger partial charge in [0, 0.05) is 47.3 Å². The number of carboxylic acids is 2. The van der Waals surface area contributed by atoms with Crippen molar-refractivity contribution >= 4 is 33.4 Å². The molecule has 1 unspecified atom stereocenters. The van der Waals surface area contributed by atoms with E-state index in [2.05, 4.69) is 69.8 Å². The zero-order valence-electron chi connectivity index (χ0n) is 19.2. The molecule has 4 aromatic rings. The second kappa shape index (κ2) is 11.0. The predicted octanol–water partition coefficient (Wildman–Crippen LogP) is 5.04. The van der Waals surface area contributed by atoms with Crippen molar-refractivity contribution in [2.45, 2.75) is 18.9 Å². The van der Waals surface area contributed by atoms with E-state index in [4.69, 9.17) is 10.2 Å². The second-order valence-electron chi connectivity index (χ2n) is 8.31. The predicted molar refractivity (Wildman–Crippen MR) is 136 cm³/mol. The molecule has 8 heteroatoms. The summed E-state index contributed by atoms with van der Waals surface area (Å²) in [6.45, 7) is 2.07. The molecule has 0 saturated carbocycles. The molecule has 5 rings (SSSR count). The minimum Gasteiger partial charge on any atom is -0.478 e. The Balaban J connectivity index is 0.000000314. The monoisotopic (exact) mass is 487 g/mol. The largest absolute Gasteiger partial charge is 0.478 e. The van der Waals surface area contributed by atoms with E-state index in [1.807, 2.05) is 17.5 Å². The number of carboxylic acid groups (broad SMARTS) is 2. The molecule has 0 fully saturated rings. The number of hydrogen-bond donors (Lipinski definition) is 2. The molecule has 2 aromatic heterocycles. The normalized spacial score (nSPS) is 15.7. The summed E-state index contributed by atoms with van der Waals surface area (Å²) in [5.74, 6) is -2.08. The number of thiophene rings is 1. The molecular weight excluding hydrogens is 462 g/mol. The molecule has 0 aliphatic carbocycles. The molecule has 0 radical (unpaired) electrons. The molecule has 178 valence electrons. The first kappa shape index (κ1) is 24.3. The van der Waals surface area contributed by atoms with E-state index < -0.39 is 11.9 Å². The molecule has 1 aliphatic heterocycles. The molecule has 0 amide bonds. The van der Waals surface area contributed by atoms with Crippen LogP contribution in [0.25, 0.3) is 21.3 Å². The van der Waals surface area contributed by atoms with E-state index in [0.29, 0.717) is 18.1 Å². The number of aromatic nitrogens is 2. The fraction of sp³-hybridized carbons (Fsp3) is 0.185. The quantitative estimate of drug-likeness (QED) is 0.389. The third-order valence-corrected chi connectivity index (χ3v) is 6.76. The van der Waals surface area contributed by atoms with Gasteiger partial charge in [0.05, 0.1) is 11.9 Å². The van der Waals surface area contributed by atoms with Crippen LogP contribution in [-0.4, -0.2) is 50.6 Å². The van der Waals surface area contributed by atoms with E-state index in [1.165, 1.54) is 26.8 Å². The third-order valence-electron chi connectivity index (χ3n) is 5.86. The smallest absolute Gasteiger partial charge is 0.328 e. The fourth-order valence-electron chi connectivity index (χ4n) is 4.26. The van der Waals surface area contributed by atoms with Crippen molar-refractivity contribution in [3.05, 3.63) is 95.3 Å². The number of fused-ring (bicyclic) bond motifs is 2. The Hall–Kier alpha value is -3.88. The van der Waals surface area contributed by atoms with Crippen LogP contribution in [0.5, 0.6) is 0 Å². The van der Waals surface area contributed by atoms with Crippen LogP contribution in [0.15, 0.2) is 78.6 Å². The van der Waals surface area contributed by atoms with Crippen LogP contribution in [-0.2, 0) is 16.1 Å². The second-order valence-corrected chi connectivity index (χ2v) is 9.26. The molecule has 35 heavy (non-hydrogen) atoms. The highest BCUT2D eigenvalue weighted by Gasteiger charge is 2.23. The Morgan fingerprint density at radius 1 is 1.06 bits per heavy atom. The number of benzene rings is 2. The maximum absolute atomic E-state index is 9.55. The van der Waals surface area contributed by atoms with Crippen molar-refractivity contribution in [1.82, 2.24) is 14.9 Å². The highest BCUT2D eigenvalue weighted by Crippen LogP contribution is 2.37. The van der Waals surface area contributed by atoms with E-state index >= 15 is 0 Å². The maximum atomic E-state index is 9.55. The average Bonchev–Trinajstić information content (AvgIpc) is 3.26. The van der Waals surface area contributed by atoms with Gasteiger partial charge in [-0.15, -0.1) is 11.3 Å². The zero-order chi connectivity index (χ0) is 24.8. The number of hydrogen-bond acceptors (Lipinski definition) is 6. The van der Waals surface area contributed by atoms with Crippen molar-refractivity contribution in [3.63, 3.8) is 0 Å². The summed E-state index contributed by atoms with van der Waals surface area (Å²) in [7, 11) is 2.21. The van der Waals surface area contributed by atoms with E-state index in [-0.39, 0.29) is 0 Å². The van der Waals surface area contributed by atoms with Gasteiger partial charge in [0.15, 0.2) is 0 Å². The Labute approximate surface area is 207 Å². The summed E-state index contributed by atoms with van der Waals surface area (Å²) in [6, 6.07) is 16.0. The summed E-state index contributed by atoms with van der Waals surface area (Å²) in [5.41, 5.74) is 6.34. The summed E-state index contributed by atoms with van der Waals surface area (Å²) in [6.07, 6.45) is 7.57. The van der Waals surface area contributed by atoms with Crippen molar-refractivity contribution in [2.75, 3.05) is 13.6 Å². The van der Waals surface area contributed by atoms with Gasteiger partial charge in [0.2, 0.25) is 0 Å². The van der Waals surface area contributed by atoms with Gasteiger partial charge in [-0.05, 0) is 71.7 Å². The first-order chi connectivity index (χ1) is 16.9. The van der Waals surface area contributed by atoms with Gasteiger partial charge in [0.25, 0.3) is 0 Å². The standard InChI is InChI=1S/C23H21N3S.C4H4O4/c1-26-10-6-21(16-3-5-23-18(12-16)7-11-27-23)20-4-2-17(13-19(20)15-26)22-14-24-8-9-25-22;5-3(6)1-2-4(7)8/h2-5,7-9,11-14,21H,6,10,15H2,1H3;1-2H,(H,5,6)(H,7,8). The van der Waals surface area contributed by atoms with Crippen molar-refractivity contribution < 1.29 is 19.8 Å². The van der Waals surface area contributed by atoms with Gasteiger partial charge in [-0.3, -0.25) is 9.97 Å². The lowest BCUT2D eigenvalue weighted by atomic mass is 9.85. The van der Waals surface area contributed by atoms with Crippen LogP contribution in [0.1, 0.15) is 29.0 Å². The first-order valence-electron chi connectivity index (χ1n) is 11.1. The number of rotatable bonds is 4. The Morgan fingerprint density at radius 3 is 2.57 bits per heavy atom. The number of carbonyl (C=O) groups is 2. The number of nitrogens with zero attached hydrogens (tertiary/aromatic N) is 3. The minimum absolute atomic E-state index is 0.435. The van der Waals surface area contributed by atoms with E-state index in [1.54, 1.807) is 12.4 Å². The minimum atomic E-state index is -1.26. The van der Waals surface area contributed by atoms with Crippen molar-refractivity contribution in [2.24, 2.45) is 0 Å². The zero-order valence-corrected chi connectivity index (χ0v) is 20.0. The molecule has 7 nitrogen and oxygen atoms in total. The van der Waals surface area contributed by atoms with Crippen molar-refractivity contribution in [3.8, 4) is 11.3 Å². The molecular formula is C27H25N3O4S. The van der Waals surface area contributed by atoms with Gasteiger partial charge in [-0.2, -0.15) is 0 Å². The van der Waals surface area contributed by atoms with Crippen LogP contribution in [0.3, 0.4) is 0 Å². The number of aliphatic carboxylic acids is 2. The molecule has 0 bridgehead atoms. The Morgan fingerprint density at radius 2 is 1.86 bits per heavy atom. The Bertz CT molecular complexity index is 1350. The van der Waals surface area contributed by atoms with Crippen LogP contribution < -0.4 is 0 Å². The highest BCUT2D eigenvalue weighted by atomic mass is 32.1. The molecule has 0 spiro atoms. The lowest BCUT2D eigenvalue weighted by Crippen LogP contribution is -2.17. The van der Waals surface area contributed by atoms with Crippen LogP contribution >= 0.6 is 11.3 Å². The summed E-state index contributed by atoms with van der Waals surface area (Å²) in [4.78, 5) is 30.2. The molecule has 1 aliphatic rings. The van der Waals surface area contributed by atoms with Gasteiger partial charge < -0.3 is 15.1 Å².